The molecule has 0 aliphatic carbocycles. The van der Waals surface area contributed by atoms with Gasteiger partial charge in [-0.1, -0.05) is 0 Å². The molecular formula is C7H7NO3S. The van der Waals surface area contributed by atoms with Gasteiger partial charge >= 0.3 is 5.97 Å². The number of carboxylic acids is 1. The van der Waals surface area contributed by atoms with Crippen LogP contribution in [-0.4, -0.2) is 22.7 Å². The number of thiazole rings is 1. The minimum atomic E-state index is -0.788. The number of ether oxygens (including phenoxy) is 1. The van der Waals surface area contributed by atoms with Crippen LogP contribution in [0.25, 0.3) is 0 Å². The van der Waals surface area contributed by atoms with Crippen molar-refractivity contribution in [3.63, 3.8) is 0 Å². The molecule has 5 heteroatoms. The third-order valence-corrected chi connectivity index (χ3v) is 2.74. The van der Waals surface area contributed by atoms with Crippen LogP contribution in [0.4, 0.5) is 0 Å². The Hall–Kier alpha value is -1.10. The molecule has 0 spiro atoms. The van der Waals surface area contributed by atoms with Crippen molar-refractivity contribution in [3.8, 4) is 5.88 Å². The first-order chi connectivity index (χ1) is 5.79. The highest BCUT2D eigenvalue weighted by Gasteiger charge is 2.29. The SMILES string of the molecule is O=C(O)[C@H]1CCOc2ncsc21. The van der Waals surface area contributed by atoms with Crippen molar-refractivity contribution in [1.82, 2.24) is 4.98 Å². The number of rotatable bonds is 1. The zero-order valence-electron chi connectivity index (χ0n) is 6.19. The monoisotopic (exact) mass is 185 g/mol. The fourth-order valence-electron chi connectivity index (χ4n) is 1.22. The van der Waals surface area contributed by atoms with E-state index in [0.29, 0.717) is 18.9 Å². The zero-order valence-corrected chi connectivity index (χ0v) is 7.00. The highest BCUT2D eigenvalue weighted by Crippen LogP contribution is 2.35. The zero-order chi connectivity index (χ0) is 8.55. The molecule has 1 aliphatic heterocycles. The summed E-state index contributed by atoms with van der Waals surface area (Å²) >= 11 is 1.34. The van der Waals surface area contributed by atoms with Crippen molar-refractivity contribution in [3.05, 3.63) is 10.4 Å². The van der Waals surface area contributed by atoms with Crippen molar-refractivity contribution in [2.75, 3.05) is 6.61 Å². The first kappa shape index (κ1) is 7.54. The standard InChI is InChI=1S/C7H7NO3S/c9-7(10)4-1-2-11-6-5(4)12-3-8-6/h3-4H,1-2H2,(H,9,10)/t4-/m0/s1. The van der Waals surface area contributed by atoms with E-state index >= 15 is 0 Å². The number of carboxylic acid groups (broad SMARTS) is 1. The van der Waals surface area contributed by atoms with Gasteiger partial charge in [-0.2, -0.15) is 0 Å². The third kappa shape index (κ3) is 1.06. The molecule has 0 fully saturated rings. The summed E-state index contributed by atoms with van der Waals surface area (Å²) in [6, 6.07) is 0. The molecule has 2 heterocycles. The van der Waals surface area contributed by atoms with E-state index in [9.17, 15) is 4.79 Å². The van der Waals surface area contributed by atoms with Gasteiger partial charge in [0.05, 0.1) is 22.9 Å². The van der Waals surface area contributed by atoms with Gasteiger partial charge in [-0.15, -0.1) is 11.3 Å². The Balaban J connectivity index is 2.37. The average molecular weight is 185 g/mol. The van der Waals surface area contributed by atoms with Crippen LogP contribution in [0.1, 0.15) is 17.2 Å². The second-order valence-electron chi connectivity index (χ2n) is 2.55. The van der Waals surface area contributed by atoms with Crippen LogP contribution in [0.15, 0.2) is 5.51 Å². The second kappa shape index (κ2) is 2.75. The maximum Gasteiger partial charge on any atom is 0.312 e. The van der Waals surface area contributed by atoms with Crippen LogP contribution in [0.3, 0.4) is 0 Å². The topological polar surface area (TPSA) is 59.4 Å². The van der Waals surface area contributed by atoms with E-state index in [0.717, 1.165) is 4.88 Å². The van der Waals surface area contributed by atoms with E-state index in [1.807, 2.05) is 0 Å². The highest BCUT2D eigenvalue weighted by atomic mass is 32.1. The van der Waals surface area contributed by atoms with E-state index in [2.05, 4.69) is 4.98 Å². The molecule has 1 aromatic rings. The normalized spacial score (nSPS) is 21.2. The van der Waals surface area contributed by atoms with Crippen LogP contribution < -0.4 is 4.74 Å². The number of aromatic nitrogens is 1. The molecule has 0 amide bonds. The first-order valence-corrected chi connectivity index (χ1v) is 4.46. The lowest BCUT2D eigenvalue weighted by atomic mass is 10.0. The van der Waals surface area contributed by atoms with Gasteiger partial charge in [0.1, 0.15) is 0 Å². The summed E-state index contributed by atoms with van der Waals surface area (Å²) in [4.78, 5) is 15.4. The lowest BCUT2D eigenvalue weighted by molar-refractivity contribution is -0.139. The summed E-state index contributed by atoms with van der Waals surface area (Å²) < 4.78 is 5.18. The number of aliphatic carboxylic acids is 1. The Labute approximate surface area is 72.8 Å². The molecular weight excluding hydrogens is 178 g/mol. The molecule has 64 valence electrons. The fourth-order valence-corrected chi connectivity index (χ4v) is 2.08. The largest absolute Gasteiger partial charge is 0.481 e. The average Bonchev–Trinajstić information content (AvgIpc) is 2.49. The molecule has 0 aromatic carbocycles. The summed E-state index contributed by atoms with van der Waals surface area (Å²) in [5.74, 6) is -0.705. The first-order valence-electron chi connectivity index (χ1n) is 3.58. The van der Waals surface area contributed by atoms with Crippen LogP contribution in [-0.2, 0) is 4.79 Å². The van der Waals surface area contributed by atoms with Gasteiger partial charge in [0, 0.05) is 0 Å². The predicted octanol–water partition coefficient (Wildman–Crippen LogP) is 1.09. The molecule has 2 rings (SSSR count). The van der Waals surface area contributed by atoms with Gasteiger partial charge < -0.3 is 9.84 Å². The van der Waals surface area contributed by atoms with Crippen LogP contribution in [0.5, 0.6) is 5.88 Å². The Morgan fingerprint density at radius 1 is 1.83 bits per heavy atom. The molecule has 1 N–H and O–H groups in total. The van der Waals surface area contributed by atoms with Gasteiger partial charge in [-0.05, 0) is 6.42 Å². The van der Waals surface area contributed by atoms with Gasteiger partial charge in [0.25, 0.3) is 0 Å². The van der Waals surface area contributed by atoms with E-state index in [-0.39, 0.29) is 0 Å². The molecule has 4 nitrogen and oxygen atoms in total. The smallest absolute Gasteiger partial charge is 0.312 e. The van der Waals surface area contributed by atoms with E-state index in [1.54, 1.807) is 5.51 Å². The number of fused-ring (bicyclic) bond motifs is 1. The summed E-state index contributed by atoms with van der Waals surface area (Å²) in [6.45, 7) is 0.452. The van der Waals surface area contributed by atoms with Gasteiger partial charge in [-0.25, -0.2) is 4.98 Å². The molecule has 1 aromatic heterocycles. The maximum absolute atomic E-state index is 10.7. The van der Waals surface area contributed by atoms with Crippen LogP contribution in [0, 0.1) is 0 Å². The number of hydrogen-bond acceptors (Lipinski definition) is 4. The summed E-state index contributed by atoms with van der Waals surface area (Å²) in [6.07, 6.45) is 0.546. The van der Waals surface area contributed by atoms with E-state index in [4.69, 9.17) is 9.84 Å². The van der Waals surface area contributed by atoms with Crippen molar-refractivity contribution >= 4 is 17.3 Å². The van der Waals surface area contributed by atoms with Crippen molar-refractivity contribution in [2.45, 2.75) is 12.3 Å². The quantitative estimate of drug-likeness (QED) is 0.711. The summed E-state index contributed by atoms with van der Waals surface area (Å²) in [7, 11) is 0. The predicted molar refractivity (Wildman–Crippen MR) is 42.6 cm³/mol. The Morgan fingerprint density at radius 2 is 2.67 bits per heavy atom. The molecule has 1 aliphatic rings. The third-order valence-electron chi connectivity index (χ3n) is 1.82. The molecule has 0 unspecified atom stereocenters. The molecule has 0 saturated carbocycles. The van der Waals surface area contributed by atoms with E-state index in [1.165, 1.54) is 11.3 Å². The lowest BCUT2D eigenvalue weighted by Gasteiger charge is -2.17. The van der Waals surface area contributed by atoms with Crippen LogP contribution >= 0.6 is 11.3 Å². The minimum absolute atomic E-state index is 0.416. The minimum Gasteiger partial charge on any atom is -0.481 e. The molecule has 1 atom stereocenters. The Morgan fingerprint density at radius 3 is 3.42 bits per heavy atom. The molecule has 0 saturated heterocycles. The fraction of sp³-hybridized carbons (Fsp3) is 0.429. The number of nitrogens with zero attached hydrogens (tertiary/aromatic N) is 1. The molecule has 0 radical (unpaired) electrons. The highest BCUT2D eigenvalue weighted by molar-refractivity contribution is 7.10. The lowest BCUT2D eigenvalue weighted by Crippen LogP contribution is -2.19. The Bertz CT molecular complexity index is 309. The van der Waals surface area contributed by atoms with E-state index < -0.39 is 11.9 Å². The van der Waals surface area contributed by atoms with Crippen molar-refractivity contribution in [1.29, 1.82) is 0 Å². The summed E-state index contributed by atoms with van der Waals surface area (Å²) in [5, 5.41) is 8.83. The maximum atomic E-state index is 10.7. The van der Waals surface area contributed by atoms with Gasteiger partial charge in [-0.3, -0.25) is 4.79 Å². The van der Waals surface area contributed by atoms with Crippen LogP contribution in [0.2, 0.25) is 0 Å². The van der Waals surface area contributed by atoms with Crippen molar-refractivity contribution < 1.29 is 14.6 Å². The number of carbonyl (C=O) groups is 1. The summed E-state index contributed by atoms with van der Waals surface area (Å²) in [5.41, 5.74) is 1.62. The van der Waals surface area contributed by atoms with Gasteiger partial charge in [0.2, 0.25) is 5.88 Å². The second-order valence-corrected chi connectivity index (χ2v) is 3.44. The Kier molecular flexibility index (Phi) is 1.73. The molecule has 12 heavy (non-hydrogen) atoms. The van der Waals surface area contributed by atoms with Gasteiger partial charge in [0.15, 0.2) is 0 Å². The molecule has 0 bridgehead atoms. The number of hydrogen-bond donors (Lipinski definition) is 1. The van der Waals surface area contributed by atoms with Crippen molar-refractivity contribution in [2.24, 2.45) is 0 Å².